The largest absolute Gasteiger partial charge is 0.355 e. The Morgan fingerprint density at radius 3 is 2.48 bits per heavy atom. The fourth-order valence-corrected chi connectivity index (χ4v) is 3.03. The van der Waals surface area contributed by atoms with Crippen molar-refractivity contribution in [2.75, 3.05) is 19.6 Å². The number of carbonyl (C=O) groups is 2. The van der Waals surface area contributed by atoms with Gasteiger partial charge in [-0.3, -0.25) is 9.59 Å². The Balaban J connectivity index is 3.08. The van der Waals surface area contributed by atoms with Crippen LogP contribution < -0.4 is 5.32 Å². The fourth-order valence-electron chi connectivity index (χ4n) is 3.03. The van der Waals surface area contributed by atoms with Gasteiger partial charge in [0.2, 0.25) is 5.91 Å². The minimum absolute atomic E-state index is 0.0272. The summed E-state index contributed by atoms with van der Waals surface area (Å²) in [6.07, 6.45) is 4.21. The maximum absolute atomic E-state index is 12.9. The third kappa shape index (κ3) is 6.28. The lowest BCUT2D eigenvalue weighted by molar-refractivity contribution is -0.132. The minimum atomic E-state index is -0.397. The first-order valence-electron chi connectivity index (χ1n) is 9.73. The molecule has 0 aliphatic rings. The molecule has 0 fully saturated rings. The van der Waals surface area contributed by atoms with Crippen molar-refractivity contribution in [3.8, 4) is 6.07 Å². The van der Waals surface area contributed by atoms with Gasteiger partial charge in [-0.25, -0.2) is 0 Å². The third-order valence-corrected chi connectivity index (χ3v) is 4.40. The average molecular weight is 373 g/mol. The number of hydrogen-bond donors (Lipinski definition) is 1. The molecule has 0 saturated carbocycles. The van der Waals surface area contributed by atoms with E-state index < -0.39 is 5.91 Å². The van der Waals surface area contributed by atoms with Crippen LogP contribution in [-0.2, 0) is 16.1 Å². The molecule has 2 amide bonds. The van der Waals surface area contributed by atoms with Gasteiger partial charge in [-0.15, -0.1) is 0 Å². The number of nitriles is 1. The molecule has 6 heteroatoms. The van der Waals surface area contributed by atoms with Crippen LogP contribution >= 0.6 is 0 Å². The molecule has 0 spiro atoms. The van der Waals surface area contributed by atoms with Crippen LogP contribution in [0.4, 0.5) is 0 Å². The van der Waals surface area contributed by atoms with Crippen molar-refractivity contribution < 1.29 is 9.59 Å². The second-order valence-electron chi connectivity index (χ2n) is 6.72. The summed E-state index contributed by atoms with van der Waals surface area (Å²) in [6.45, 7) is 11.9. The zero-order valence-electron chi connectivity index (χ0n) is 17.3. The molecule has 27 heavy (non-hydrogen) atoms. The Bertz CT molecular complexity index is 725. The van der Waals surface area contributed by atoms with Crippen LogP contribution in [0.3, 0.4) is 0 Å². The molecule has 0 aliphatic carbocycles. The zero-order chi connectivity index (χ0) is 20.4. The lowest BCUT2D eigenvalue weighted by Gasteiger charge is -2.21. The van der Waals surface area contributed by atoms with E-state index in [1.165, 1.54) is 4.90 Å². The molecule has 6 nitrogen and oxygen atoms in total. The number of carbonyl (C=O) groups excluding carboxylic acids is 2. The Hall–Kier alpha value is -2.55. The molecular formula is C21H32N4O2. The Morgan fingerprint density at radius 1 is 1.22 bits per heavy atom. The van der Waals surface area contributed by atoms with Crippen LogP contribution in [0.2, 0.25) is 0 Å². The SMILES string of the molecule is CCCNC(=O)CN(CCC)C(=O)/C(C#N)=C\c1cc(C)n(CCC)c1C. The second-order valence-corrected chi connectivity index (χ2v) is 6.72. The molecular weight excluding hydrogens is 340 g/mol. The highest BCUT2D eigenvalue weighted by atomic mass is 16.2. The number of hydrogen-bond acceptors (Lipinski definition) is 3. The molecule has 1 heterocycles. The van der Waals surface area contributed by atoms with Crippen molar-refractivity contribution in [2.45, 2.75) is 60.4 Å². The van der Waals surface area contributed by atoms with Crippen molar-refractivity contribution in [3.05, 3.63) is 28.6 Å². The minimum Gasteiger partial charge on any atom is -0.355 e. The first-order chi connectivity index (χ1) is 12.9. The topological polar surface area (TPSA) is 78.1 Å². The van der Waals surface area contributed by atoms with Crippen molar-refractivity contribution in [1.82, 2.24) is 14.8 Å². The van der Waals surface area contributed by atoms with Gasteiger partial charge in [-0.1, -0.05) is 20.8 Å². The first kappa shape index (κ1) is 22.5. The fraction of sp³-hybridized carbons (Fsp3) is 0.571. The summed E-state index contributed by atoms with van der Waals surface area (Å²) < 4.78 is 2.19. The molecule has 0 atom stereocenters. The van der Waals surface area contributed by atoms with E-state index in [1.54, 1.807) is 6.08 Å². The molecule has 1 aromatic rings. The van der Waals surface area contributed by atoms with Crippen LogP contribution in [-0.4, -0.2) is 40.9 Å². The maximum Gasteiger partial charge on any atom is 0.264 e. The second kappa shape index (κ2) is 11.2. The van der Waals surface area contributed by atoms with Gasteiger partial charge < -0.3 is 14.8 Å². The maximum atomic E-state index is 12.9. The number of aryl methyl sites for hydroxylation is 1. The first-order valence-corrected chi connectivity index (χ1v) is 9.73. The standard InChI is InChI=1S/C21H32N4O2/c1-6-9-23-20(26)15-24(10-7-2)21(27)19(14-22)13-18-12-16(4)25(11-8-3)17(18)5/h12-13H,6-11,15H2,1-5H3,(H,23,26)/b19-13-. The molecule has 1 aromatic heterocycles. The predicted molar refractivity (Wildman–Crippen MR) is 108 cm³/mol. The van der Waals surface area contributed by atoms with Gasteiger partial charge in [0.25, 0.3) is 5.91 Å². The van der Waals surface area contributed by atoms with E-state index in [-0.39, 0.29) is 18.0 Å². The molecule has 0 aliphatic heterocycles. The van der Waals surface area contributed by atoms with Gasteiger partial charge in [0.05, 0.1) is 6.54 Å². The van der Waals surface area contributed by atoms with Gasteiger partial charge in [-0.05, 0) is 50.8 Å². The lowest BCUT2D eigenvalue weighted by atomic mass is 10.1. The monoisotopic (exact) mass is 372 g/mol. The molecule has 0 aromatic carbocycles. The van der Waals surface area contributed by atoms with Gasteiger partial charge in [0, 0.05) is 31.0 Å². The van der Waals surface area contributed by atoms with Gasteiger partial charge in [0.1, 0.15) is 11.6 Å². The van der Waals surface area contributed by atoms with E-state index in [9.17, 15) is 14.9 Å². The summed E-state index contributed by atoms with van der Waals surface area (Å²) in [4.78, 5) is 26.3. The lowest BCUT2D eigenvalue weighted by Crippen LogP contribution is -2.41. The van der Waals surface area contributed by atoms with E-state index in [0.29, 0.717) is 13.1 Å². The van der Waals surface area contributed by atoms with Gasteiger partial charge in [0.15, 0.2) is 0 Å². The summed E-state index contributed by atoms with van der Waals surface area (Å²) in [5.74, 6) is -0.594. The van der Waals surface area contributed by atoms with E-state index in [0.717, 1.165) is 42.8 Å². The molecule has 0 unspecified atom stereocenters. The number of nitrogens with zero attached hydrogens (tertiary/aromatic N) is 3. The summed E-state index contributed by atoms with van der Waals surface area (Å²) >= 11 is 0. The van der Waals surface area contributed by atoms with Crippen LogP contribution in [0.5, 0.6) is 0 Å². The quantitative estimate of drug-likeness (QED) is 0.506. The molecule has 148 valence electrons. The summed E-state index contributed by atoms with van der Waals surface area (Å²) in [6, 6.07) is 4.02. The van der Waals surface area contributed by atoms with Crippen molar-refractivity contribution in [2.24, 2.45) is 0 Å². The number of rotatable bonds is 10. The predicted octanol–water partition coefficient (Wildman–Crippen LogP) is 3.19. The Labute approximate surface area is 162 Å². The van der Waals surface area contributed by atoms with Crippen LogP contribution in [0.25, 0.3) is 6.08 Å². The van der Waals surface area contributed by atoms with E-state index in [4.69, 9.17) is 0 Å². The molecule has 0 radical (unpaired) electrons. The third-order valence-electron chi connectivity index (χ3n) is 4.40. The van der Waals surface area contributed by atoms with Crippen molar-refractivity contribution >= 4 is 17.9 Å². The van der Waals surface area contributed by atoms with E-state index in [1.807, 2.05) is 39.8 Å². The smallest absolute Gasteiger partial charge is 0.264 e. The number of nitrogens with one attached hydrogen (secondary N) is 1. The summed E-state index contributed by atoms with van der Waals surface area (Å²) in [7, 11) is 0. The van der Waals surface area contributed by atoms with Crippen LogP contribution in [0, 0.1) is 25.2 Å². The Kier molecular flexibility index (Phi) is 9.35. The molecule has 0 bridgehead atoms. The molecule has 1 N–H and O–H groups in total. The summed E-state index contributed by atoms with van der Waals surface area (Å²) in [5, 5.41) is 12.3. The van der Waals surface area contributed by atoms with Crippen molar-refractivity contribution in [3.63, 3.8) is 0 Å². The van der Waals surface area contributed by atoms with Gasteiger partial charge in [-0.2, -0.15) is 5.26 Å². The number of aromatic nitrogens is 1. The van der Waals surface area contributed by atoms with E-state index in [2.05, 4.69) is 16.8 Å². The Morgan fingerprint density at radius 2 is 1.93 bits per heavy atom. The highest BCUT2D eigenvalue weighted by Gasteiger charge is 2.21. The van der Waals surface area contributed by atoms with Crippen LogP contribution in [0.1, 0.15) is 57.0 Å². The zero-order valence-corrected chi connectivity index (χ0v) is 17.3. The van der Waals surface area contributed by atoms with Crippen molar-refractivity contribution in [1.29, 1.82) is 5.26 Å². The summed E-state index contributed by atoms with van der Waals surface area (Å²) in [5.41, 5.74) is 3.08. The average Bonchev–Trinajstić information content (AvgIpc) is 2.91. The van der Waals surface area contributed by atoms with Gasteiger partial charge >= 0.3 is 0 Å². The number of amides is 2. The molecule has 1 rings (SSSR count). The highest BCUT2D eigenvalue weighted by molar-refractivity contribution is 6.03. The van der Waals surface area contributed by atoms with E-state index >= 15 is 0 Å². The highest BCUT2D eigenvalue weighted by Crippen LogP contribution is 2.19. The van der Waals surface area contributed by atoms with Crippen LogP contribution in [0.15, 0.2) is 11.6 Å². The molecule has 0 saturated heterocycles. The normalized spacial score (nSPS) is 11.2.